The number of benzene rings is 1. The van der Waals surface area contributed by atoms with Gasteiger partial charge in [-0.2, -0.15) is 0 Å². The van der Waals surface area contributed by atoms with Gasteiger partial charge in [0, 0.05) is 16.6 Å². The van der Waals surface area contributed by atoms with Gasteiger partial charge < -0.3 is 9.47 Å². The van der Waals surface area contributed by atoms with Crippen molar-refractivity contribution in [2.45, 2.75) is 26.9 Å². The Morgan fingerprint density at radius 2 is 2.13 bits per heavy atom. The smallest absolute Gasteiger partial charge is 0.123 e. The van der Waals surface area contributed by atoms with Crippen molar-refractivity contribution in [3.8, 4) is 5.75 Å². The van der Waals surface area contributed by atoms with Crippen LogP contribution in [0.2, 0.25) is 0 Å². The van der Waals surface area contributed by atoms with Crippen LogP contribution in [0.3, 0.4) is 0 Å². The SMILES string of the molecule is CCOC(C)COc1cccc(Br)c1C. The summed E-state index contributed by atoms with van der Waals surface area (Å²) in [5.74, 6) is 0.913. The van der Waals surface area contributed by atoms with E-state index in [1.807, 2.05) is 39.0 Å². The summed E-state index contributed by atoms with van der Waals surface area (Å²) >= 11 is 3.47. The first-order valence-corrected chi connectivity index (χ1v) is 5.94. The number of hydrogen-bond donors (Lipinski definition) is 0. The number of hydrogen-bond acceptors (Lipinski definition) is 2. The molecule has 0 heterocycles. The second-order valence-corrected chi connectivity index (χ2v) is 4.29. The van der Waals surface area contributed by atoms with Gasteiger partial charge in [-0.3, -0.25) is 0 Å². The molecule has 0 saturated carbocycles. The molecule has 0 spiro atoms. The maximum atomic E-state index is 5.68. The maximum Gasteiger partial charge on any atom is 0.123 e. The summed E-state index contributed by atoms with van der Waals surface area (Å²) in [4.78, 5) is 0. The van der Waals surface area contributed by atoms with Crippen molar-refractivity contribution in [3.05, 3.63) is 28.2 Å². The van der Waals surface area contributed by atoms with Gasteiger partial charge in [-0.15, -0.1) is 0 Å². The van der Waals surface area contributed by atoms with Gasteiger partial charge in [0.2, 0.25) is 0 Å². The molecule has 1 atom stereocenters. The summed E-state index contributed by atoms with van der Waals surface area (Å²) in [6.45, 7) is 7.34. The molecule has 3 heteroatoms. The predicted octanol–water partition coefficient (Wildman–Crippen LogP) is 3.56. The van der Waals surface area contributed by atoms with E-state index in [4.69, 9.17) is 9.47 Å². The van der Waals surface area contributed by atoms with Crippen molar-refractivity contribution in [2.75, 3.05) is 13.2 Å². The lowest BCUT2D eigenvalue weighted by Crippen LogP contribution is -2.18. The molecule has 1 aromatic carbocycles. The van der Waals surface area contributed by atoms with Gasteiger partial charge in [-0.25, -0.2) is 0 Å². The van der Waals surface area contributed by atoms with E-state index in [1.165, 1.54) is 0 Å². The van der Waals surface area contributed by atoms with E-state index in [2.05, 4.69) is 15.9 Å². The van der Waals surface area contributed by atoms with Crippen molar-refractivity contribution in [1.29, 1.82) is 0 Å². The molecule has 0 fully saturated rings. The number of halogens is 1. The molecule has 0 radical (unpaired) electrons. The Morgan fingerprint density at radius 3 is 2.80 bits per heavy atom. The van der Waals surface area contributed by atoms with Crippen LogP contribution in [0.15, 0.2) is 22.7 Å². The molecule has 0 aliphatic heterocycles. The Bertz CT molecular complexity index is 312. The molecule has 15 heavy (non-hydrogen) atoms. The zero-order valence-corrected chi connectivity index (χ0v) is 11.0. The molecule has 1 rings (SSSR count). The lowest BCUT2D eigenvalue weighted by Gasteiger charge is -2.14. The average molecular weight is 273 g/mol. The van der Waals surface area contributed by atoms with Crippen molar-refractivity contribution >= 4 is 15.9 Å². The summed E-state index contributed by atoms with van der Waals surface area (Å²) in [5.41, 5.74) is 1.13. The highest BCUT2D eigenvalue weighted by atomic mass is 79.9. The molecule has 1 aromatic rings. The first kappa shape index (κ1) is 12.5. The van der Waals surface area contributed by atoms with E-state index < -0.39 is 0 Å². The maximum absolute atomic E-state index is 5.68. The third kappa shape index (κ3) is 3.84. The fourth-order valence-corrected chi connectivity index (χ4v) is 1.63. The van der Waals surface area contributed by atoms with Gasteiger partial charge >= 0.3 is 0 Å². The van der Waals surface area contributed by atoms with Crippen LogP contribution in [0, 0.1) is 6.92 Å². The van der Waals surface area contributed by atoms with Crippen molar-refractivity contribution in [2.24, 2.45) is 0 Å². The van der Waals surface area contributed by atoms with Crippen LogP contribution in [-0.2, 0) is 4.74 Å². The molecule has 0 aliphatic rings. The average Bonchev–Trinajstić information content (AvgIpc) is 2.21. The van der Waals surface area contributed by atoms with Crippen LogP contribution in [-0.4, -0.2) is 19.3 Å². The molecule has 0 saturated heterocycles. The Hall–Kier alpha value is -0.540. The van der Waals surface area contributed by atoms with E-state index in [1.54, 1.807) is 0 Å². The molecule has 0 aliphatic carbocycles. The second-order valence-electron chi connectivity index (χ2n) is 3.44. The van der Waals surface area contributed by atoms with Gasteiger partial charge in [0.15, 0.2) is 0 Å². The molecule has 84 valence electrons. The Kier molecular flexibility index (Phi) is 5.12. The normalized spacial score (nSPS) is 12.5. The zero-order chi connectivity index (χ0) is 11.3. The standard InChI is InChI=1S/C12H17BrO2/c1-4-14-9(2)8-15-12-7-5-6-11(13)10(12)3/h5-7,9H,4,8H2,1-3H3. The molecule has 0 bridgehead atoms. The minimum absolute atomic E-state index is 0.133. The predicted molar refractivity (Wildman–Crippen MR) is 65.5 cm³/mol. The van der Waals surface area contributed by atoms with Crippen molar-refractivity contribution in [1.82, 2.24) is 0 Å². The largest absolute Gasteiger partial charge is 0.491 e. The minimum Gasteiger partial charge on any atom is -0.491 e. The third-order valence-corrected chi connectivity index (χ3v) is 3.00. The van der Waals surface area contributed by atoms with E-state index in [0.717, 1.165) is 22.4 Å². The van der Waals surface area contributed by atoms with E-state index in [-0.39, 0.29) is 6.10 Å². The fraction of sp³-hybridized carbons (Fsp3) is 0.500. The summed E-state index contributed by atoms with van der Waals surface area (Å²) in [7, 11) is 0. The monoisotopic (exact) mass is 272 g/mol. The van der Waals surface area contributed by atoms with Crippen LogP contribution in [0.4, 0.5) is 0 Å². The van der Waals surface area contributed by atoms with E-state index in [0.29, 0.717) is 6.61 Å². The van der Waals surface area contributed by atoms with Crippen LogP contribution >= 0.6 is 15.9 Å². The Balaban J connectivity index is 2.54. The highest BCUT2D eigenvalue weighted by Gasteiger charge is 2.05. The quantitative estimate of drug-likeness (QED) is 0.816. The minimum atomic E-state index is 0.133. The Labute approximate surface area is 99.7 Å². The summed E-state index contributed by atoms with van der Waals surface area (Å²) < 4.78 is 12.1. The molecule has 0 amide bonds. The van der Waals surface area contributed by atoms with Gasteiger partial charge in [-0.05, 0) is 32.9 Å². The fourth-order valence-electron chi connectivity index (χ4n) is 1.28. The van der Waals surface area contributed by atoms with Crippen LogP contribution < -0.4 is 4.74 Å². The molecule has 2 nitrogen and oxygen atoms in total. The molecule has 0 aromatic heterocycles. The first-order valence-electron chi connectivity index (χ1n) is 5.14. The van der Waals surface area contributed by atoms with Gasteiger partial charge in [0.1, 0.15) is 12.4 Å². The van der Waals surface area contributed by atoms with Crippen LogP contribution in [0.25, 0.3) is 0 Å². The molecule has 0 N–H and O–H groups in total. The van der Waals surface area contributed by atoms with Gasteiger partial charge in [-0.1, -0.05) is 22.0 Å². The topological polar surface area (TPSA) is 18.5 Å². The van der Waals surface area contributed by atoms with Gasteiger partial charge in [0.25, 0.3) is 0 Å². The van der Waals surface area contributed by atoms with Gasteiger partial charge in [0.05, 0.1) is 6.10 Å². The lowest BCUT2D eigenvalue weighted by atomic mass is 10.2. The van der Waals surface area contributed by atoms with Crippen molar-refractivity contribution < 1.29 is 9.47 Å². The third-order valence-electron chi connectivity index (χ3n) is 2.14. The van der Waals surface area contributed by atoms with E-state index >= 15 is 0 Å². The highest BCUT2D eigenvalue weighted by molar-refractivity contribution is 9.10. The van der Waals surface area contributed by atoms with Crippen molar-refractivity contribution in [3.63, 3.8) is 0 Å². The second kappa shape index (κ2) is 6.13. The van der Waals surface area contributed by atoms with Crippen LogP contribution in [0.1, 0.15) is 19.4 Å². The summed E-state index contributed by atoms with van der Waals surface area (Å²) in [6.07, 6.45) is 0.133. The number of ether oxygens (including phenoxy) is 2. The zero-order valence-electron chi connectivity index (χ0n) is 9.42. The Morgan fingerprint density at radius 1 is 1.40 bits per heavy atom. The summed E-state index contributed by atoms with van der Waals surface area (Å²) in [6, 6.07) is 5.95. The summed E-state index contributed by atoms with van der Waals surface area (Å²) in [5, 5.41) is 0. The first-order chi connectivity index (χ1) is 7.15. The molecule has 1 unspecified atom stereocenters. The van der Waals surface area contributed by atoms with Crippen LogP contribution in [0.5, 0.6) is 5.75 Å². The highest BCUT2D eigenvalue weighted by Crippen LogP contribution is 2.25. The van der Waals surface area contributed by atoms with E-state index in [9.17, 15) is 0 Å². The molecular weight excluding hydrogens is 256 g/mol. The number of rotatable bonds is 5. The lowest BCUT2D eigenvalue weighted by molar-refractivity contribution is 0.0400. The molecular formula is C12H17BrO2.